The van der Waals surface area contributed by atoms with Crippen LogP contribution < -0.4 is 4.74 Å². The third kappa shape index (κ3) is 3.57. The zero-order valence-corrected chi connectivity index (χ0v) is 11.3. The second kappa shape index (κ2) is 6.70. The van der Waals surface area contributed by atoms with Crippen LogP contribution in [0.5, 0.6) is 5.75 Å². The fraction of sp³-hybridized carbons (Fsp3) is 0.188. The number of nitrogens with zero attached hydrogens (tertiary/aromatic N) is 1. The van der Waals surface area contributed by atoms with Gasteiger partial charge in [-0.2, -0.15) is 0 Å². The van der Waals surface area contributed by atoms with Crippen LogP contribution in [0.3, 0.4) is 0 Å². The summed E-state index contributed by atoms with van der Waals surface area (Å²) in [5.74, 6) is -0.277. The summed E-state index contributed by atoms with van der Waals surface area (Å²) in [5.41, 5.74) is 0.626. The van der Waals surface area contributed by atoms with Crippen LogP contribution in [0, 0.1) is 5.82 Å². The average molecular weight is 273 g/mol. The second-order valence-corrected chi connectivity index (χ2v) is 4.37. The van der Waals surface area contributed by atoms with E-state index in [1.165, 1.54) is 6.07 Å². The zero-order chi connectivity index (χ0) is 14.4. The van der Waals surface area contributed by atoms with E-state index in [9.17, 15) is 9.18 Å². The normalized spacial score (nSPS) is 10.1. The lowest BCUT2D eigenvalue weighted by Gasteiger charge is -2.17. The number of hydrogen-bond acceptors (Lipinski definition) is 2. The zero-order valence-electron chi connectivity index (χ0n) is 11.3. The van der Waals surface area contributed by atoms with E-state index in [0.29, 0.717) is 12.1 Å². The second-order valence-electron chi connectivity index (χ2n) is 4.37. The van der Waals surface area contributed by atoms with Gasteiger partial charge in [-0.3, -0.25) is 4.79 Å². The van der Waals surface area contributed by atoms with E-state index < -0.39 is 5.82 Å². The van der Waals surface area contributed by atoms with Crippen molar-refractivity contribution in [2.75, 3.05) is 20.2 Å². The van der Waals surface area contributed by atoms with E-state index in [4.69, 9.17) is 4.74 Å². The maximum Gasteiger partial charge on any atom is 0.253 e. The Balaban J connectivity index is 1.85. The summed E-state index contributed by atoms with van der Waals surface area (Å²) in [6, 6.07) is 15.2. The van der Waals surface area contributed by atoms with Gasteiger partial charge in [0.05, 0.1) is 6.54 Å². The summed E-state index contributed by atoms with van der Waals surface area (Å²) >= 11 is 0. The van der Waals surface area contributed by atoms with E-state index in [2.05, 4.69) is 0 Å². The number of benzene rings is 2. The molecule has 1 amide bonds. The van der Waals surface area contributed by atoms with E-state index >= 15 is 0 Å². The maximum atomic E-state index is 13.3. The van der Waals surface area contributed by atoms with Crippen LogP contribution in [0.4, 0.5) is 4.39 Å². The molecule has 0 saturated heterocycles. The predicted octanol–water partition coefficient (Wildman–Crippen LogP) is 2.98. The third-order valence-corrected chi connectivity index (χ3v) is 2.89. The first-order chi connectivity index (χ1) is 9.68. The van der Waals surface area contributed by atoms with Crippen molar-refractivity contribution in [2.24, 2.45) is 0 Å². The van der Waals surface area contributed by atoms with Gasteiger partial charge in [0.2, 0.25) is 0 Å². The number of carbonyl (C=O) groups is 1. The molecular formula is C16H16FNO2. The van der Waals surface area contributed by atoms with Gasteiger partial charge in [-0.1, -0.05) is 30.3 Å². The molecule has 0 aliphatic rings. The van der Waals surface area contributed by atoms with Crippen molar-refractivity contribution in [3.05, 3.63) is 66.0 Å². The third-order valence-electron chi connectivity index (χ3n) is 2.89. The molecule has 0 spiro atoms. The van der Waals surface area contributed by atoms with Crippen molar-refractivity contribution in [2.45, 2.75) is 0 Å². The monoisotopic (exact) mass is 273 g/mol. The molecule has 0 aromatic heterocycles. The van der Waals surface area contributed by atoms with Gasteiger partial charge in [0.1, 0.15) is 6.61 Å². The van der Waals surface area contributed by atoms with Gasteiger partial charge < -0.3 is 9.64 Å². The van der Waals surface area contributed by atoms with Crippen molar-refractivity contribution in [1.82, 2.24) is 4.90 Å². The van der Waals surface area contributed by atoms with E-state index in [-0.39, 0.29) is 18.3 Å². The smallest absolute Gasteiger partial charge is 0.253 e. The summed E-state index contributed by atoms with van der Waals surface area (Å²) < 4.78 is 18.7. The highest BCUT2D eigenvalue weighted by atomic mass is 19.1. The number of amides is 1. The first-order valence-electron chi connectivity index (χ1n) is 6.36. The molecule has 2 aromatic carbocycles. The fourth-order valence-corrected chi connectivity index (χ4v) is 1.76. The van der Waals surface area contributed by atoms with Crippen LogP contribution >= 0.6 is 0 Å². The van der Waals surface area contributed by atoms with Crippen LogP contribution in [0.25, 0.3) is 0 Å². The average Bonchev–Trinajstić information content (AvgIpc) is 2.49. The molecule has 3 nitrogen and oxygen atoms in total. The Bertz CT molecular complexity index is 572. The first-order valence-corrected chi connectivity index (χ1v) is 6.36. The Morgan fingerprint density at radius 3 is 2.45 bits per heavy atom. The summed E-state index contributed by atoms with van der Waals surface area (Å²) in [6.07, 6.45) is 0. The number of para-hydroxylation sites is 1. The molecule has 0 fully saturated rings. The van der Waals surface area contributed by atoms with Crippen molar-refractivity contribution in [3.8, 4) is 5.75 Å². The molecular weight excluding hydrogens is 257 g/mol. The van der Waals surface area contributed by atoms with Crippen molar-refractivity contribution < 1.29 is 13.9 Å². The maximum absolute atomic E-state index is 13.3. The first kappa shape index (κ1) is 14.1. The Kier molecular flexibility index (Phi) is 4.71. The van der Waals surface area contributed by atoms with Crippen molar-refractivity contribution in [3.63, 3.8) is 0 Å². The van der Waals surface area contributed by atoms with Crippen LogP contribution in [0.2, 0.25) is 0 Å². The lowest BCUT2D eigenvalue weighted by Crippen LogP contribution is -2.30. The minimum atomic E-state index is -0.399. The number of likely N-dealkylation sites (N-methyl/N-ethyl adjacent to an activating group) is 1. The highest BCUT2D eigenvalue weighted by Gasteiger charge is 2.11. The molecule has 0 bridgehead atoms. The van der Waals surface area contributed by atoms with Crippen LogP contribution in [-0.4, -0.2) is 31.0 Å². The number of halogens is 1. The van der Waals surface area contributed by atoms with Crippen LogP contribution in [0.1, 0.15) is 10.4 Å². The fourth-order valence-electron chi connectivity index (χ4n) is 1.76. The number of ether oxygens (including phenoxy) is 1. The molecule has 0 atom stereocenters. The largest absolute Gasteiger partial charge is 0.489 e. The highest BCUT2D eigenvalue weighted by molar-refractivity contribution is 5.93. The summed E-state index contributed by atoms with van der Waals surface area (Å²) in [4.78, 5) is 13.6. The topological polar surface area (TPSA) is 29.5 Å². The quantitative estimate of drug-likeness (QED) is 0.838. The van der Waals surface area contributed by atoms with Gasteiger partial charge in [-0.15, -0.1) is 0 Å². The molecule has 0 N–H and O–H groups in total. The molecule has 104 valence electrons. The van der Waals surface area contributed by atoms with E-state index in [1.807, 2.05) is 18.2 Å². The molecule has 0 aliphatic heterocycles. The predicted molar refractivity (Wildman–Crippen MR) is 75.3 cm³/mol. The molecule has 20 heavy (non-hydrogen) atoms. The van der Waals surface area contributed by atoms with Gasteiger partial charge >= 0.3 is 0 Å². The molecule has 0 aliphatic carbocycles. The lowest BCUT2D eigenvalue weighted by atomic mass is 10.2. The SMILES string of the molecule is CN(CCOc1ccccc1F)C(=O)c1ccccc1. The van der Waals surface area contributed by atoms with Crippen molar-refractivity contribution >= 4 is 5.91 Å². The number of rotatable bonds is 5. The Morgan fingerprint density at radius 1 is 1.10 bits per heavy atom. The number of hydrogen-bond donors (Lipinski definition) is 0. The van der Waals surface area contributed by atoms with Gasteiger partial charge in [-0.05, 0) is 24.3 Å². The summed E-state index contributed by atoms with van der Waals surface area (Å²) in [7, 11) is 1.69. The van der Waals surface area contributed by atoms with Gasteiger partial charge in [0.15, 0.2) is 11.6 Å². The van der Waals surface area contributed by atoms with Crippen LogP contribution in [-0.2, 0) is 0 Å². The van der Waals surface area contributed by atoms with Gasteiger partial charge in [-0.25, -0.2) is 4.39 Å². The summed E-state index contributed by atoms with van der Waals surface area (Å²) in [5, 5.41) is 0. The highest BCUT2D eigenvalue weighted by Crippen LogP contribution is 2.15. The lowest BCUT2D eigenvalue weighted by molar-refractivity contribution is 0.0773. The molecule has 2 aromatic rings. The summed E-state index contributed by atoms with van der Waals surface area (Å²) in [6.45, 7) is 0.637. The van der Waals surface area contributed by atoms with Crippen LogP contribution in [0.15, 0.2) is 54.6 Å². The van der Waals surface area contributed by atoms with Gasteiger partial charge in [0.25, 0.3) is 5.91 Å². The van der Waals surface area contributed by atoms with Crippen molar-refractivity contribution in [1.29, 1.82) is 0 Å². The molecule has 0 unspecified atom stereocenters. The van der Waals surface area contributed by atoms with E-state index in [1.54, 1.807) is 42.3 Å². The number of carbonyl (C=O) groups excluding carboxylic acids is 1. The standard InChI is InChI=1S/C16H16FNO2/c1-18(16(19)13-7-3-2-4-8-13)11-12-20-15-10-6-5-9-14(15)17/h2-10H,11-12H2,1H3. The molecule has 4 heteroatoms. The minimum absolute atomic E-state index is 0.0808. The molecule has 2 rings (SSSR count). The van der Waals surface area contributed by atoms with Gasteiger partial charge in [0, 0.05) is 12.6 Å². The van der Waals surface area contributed by atoms with E-state index in [0.717, 1.165) is 0 Å². The Morgan fingerprint density at radius 2 is 1.75 bits per heavy atom. The Hall–Kier alpha value is -2.36. The minimum Gasteiger partial charge on any atom is -0.489 e. The molecule has 0 saturated carbocycles. The molecule has 0 heterocycles. The molecule has 0 radical (unpaired) electrons. The Labute approximate surface area is 117 Å².